The van der Waals surface area contributed by atoms with Gasteiger partial charge in [0.05, 0.1) is 23.6 Å². The van der Waals surface area contributed by atoms with Crippen LogP contribution in [0.1, 0.15) is 26.1 Å². The van der Waals surface area contributed by atoms with Gasteiger partial charge in [0.15, 0.2) is 0 Å². The molecule has 0 saturated carbocycles. The molecule has 1 heterocycles. The largest absolute Gasteiger partial charge is 0.466 e. The van der Waals surface area contributed by atoms with Gasteiger partial charge in [-0.1, -0.05) is 19.1 Å². The lowest BCUT2D eigenvalue weighted by Crippen LogP contribution is -2.20. The zero-order valence-electron chi connectivity index (χ0n) is 11.7. The van der Waals surface area contributed by atoms with Crippen LogP contribution in [0, 0.1) is 5.92 Å². The maximum Gasteiger partial charge on any atom is 0.309 e. The van der Waals surface area contributed by atoms with Crippen LogP contribution in [0.4, 0.5) is 0 Å². The van der Waals surface area contributed by atoms with Gasteiger partial charge in [0.2, 0.25) is 0 Å². The lowest BCUT2D eigenvalue weighted by Gasteiger charge is -2.13. The third-order valence-electron chi connectivity index (χ3n) is 3.42. The number of rotatable bonds is 5. The number of esters is 1. The molecule has 1 aromatic heterocycles. The Hall–Kier alpha value is -1.84. The van der Waals surface area contributed by atoms with Crippen LogP contribution in [0.25, 0.3) is 11.0 Å². The zero-order chi connectivity index (χ0) is 13.8. The van der Waals surface area contributed by atoms with Crippen molar-refractivity contribution < 1.29 is 9.53 Å². The third-order valence-corrected chi connectivity index (χ3v) is 3.42. The second-order valence-corrected chi connectivity index (χ2v) is 4.64. The quantitative estimate of drug-likeness (QED) is 0.776. The topological polar surface area (TPSA) is 44.1 Å². The first-order valence-electron chi connectivity index (χ1n) is 6.74. The highest BCUT2D eigenvalue weighted by Crippen LogP contribution is 2.18. The number of para-hydroxylation sites is 2. The summed E-state index contributed by atoms with van der Waals surface area (Å²) >= 11 is 0. The minimum absolute atomic E-state index is 0.115. The van der Waals surface area contributed by atoms with Crippen LogP contribution in [-0.4, -0.2) is 22.1 Å². The van der Waals surface area contributed by atoms with Crippen LogP contribution in [0.15, 0.2) is 24.3 Å². The molecule has 2 aromatic rings. The Bertz CT molecular complexity index is 575. The summed E-state index contributed by atoms with van der Waals surface area (Å²) in [5.74, 6) is 0.689. The van der Waals surface area contributed by atoms with Crippen molar-refractivity contribution in [3.05, 3.63) is 30.1 Å². The molecule has 0 aliphatic heterocycles. The highest BCUT2D eigenvalue weighted by atomic mass is 16.5. The van der Waals surface area contributed by atoms with E-state index in [4.69, 9.17) is 4.74 Å². The summed E-state index contributed by atoms with van der Waals surface area (Å²) in [5, 5.41) is 0. The average molecular weight is 260 g/mol. The van der Waals surface area contributed by atoms with Gasteiger partial charge in [-0.05, 0) is 25.5 Å². The molecule has 0 radical (unpaired) electrons. The number of carbonyl (C=O) groups excluding carboxylic acids is 1. The van der Waals surface area contributed by atoms with Crippen LogP contribution >= 0.6 is 0 Å². The van der Waals surface area contributed by atoms with Crippen molar-refractivity contribution in [2.45, 2.75) is 26.7 Å². The summed E-state index contributed by atoms with van der Waals surface area (Å²) in [4.78, 5) is 16.4. The SMILES string of the molecule is CCOC(=O)C(CC)Cc1nc2ccccc2n1C. The maximum atomic E-state index is 11.8. The highest BCUT2D eigenvalue weighted by molar-refractivity contribution is 5.76. The van der Waals surface area contributed by atoms with Crippen LogP contribution in [0.3, 0.4) is 0 Å². The second kappa shape index (κ2) is 5.87. The lowest BCUT2D eigenvalue weighted by molar-refractivity contribution is -0.148. The summed E-state index contributed by atoms with van der Waals surface area (Å²) in [7, 11) is 1.99. The van der Waals surface area contributed by atoms with Crippen LogP contribution in [-0.2, 0) is 23.0 Å². The van der Waals surface area contributed by atoms with E-state index in [0.29, 0.717) is 13.0 Å². The van der Waals surface area contributed by atoms with Gasteiger partial charge in [0.1, 0.15) is 5.82 Å². The van der Waals surface area contributed by atoms with Crippen molar-refractivity contribution in [3.8, 4) is 0 Å². The molecule has 0 amide bonds. The van der Waals surface area contributed by atoms with Gasteiger partial charge in [0.25, 0.3) is 0 Å². The number of hydrogen-bond acceptors (Lipinski definition) is 3. The Morgan fingerprint density at radius 3 is 2.74 bits per heavy atom. The fraction of sp³-hybridized carbons (Fsp3) is 0.467. The molecule has 0 spiro atoms. The number of fused-ring (bicyclic) bond motifs is 1. The molecule has 1 aromatic carbocycles. The maximum absolute atomic E-state index is 11.8. The van der Waals surface area contributed by atoms with Crippen LogP contribution < -0.4 is 0 Å². The Balaban J connectivity index is 2.24. The number of ether oxygens (including phenoxy) is 1. The predicted octanol–water partition coefficient (Wildman–Crippen LogP) is 2.71. The van der Waals surface area contributed by atoms with E-state index < -0.39 is 0 Å². The molecular formula is C15H20N2O2. The number of aryl methyl sites for hydroxylation is 1. The minimum atomic E-state index is -0.128. The number of aromatic nitrogens is 2. The van der Waals surface area contributed by atoms with Crippen LogP contribution in [0.5, 0.6) is 0 Å². The Kier molecular flexibility index (Phi) is 4.20. The van der Waals surface area contributed by atoms with E-state index >= 15 is 0 Å². The Morgan fingerprint density at radius 2 is 2.11 bits per heavy atom. The van der Waals surface area contributed by atoms with E-state index in [0.717, 1.165) is 23.3 Å². The van der Waals surface area contributed by atoms with Crippen LogP contribution in [0.2, 0.25) is 0 Å². The molecule has 4 heteroatoms. The molecule has 0 N–H and O–H groups in total. The van der Waals surface area contributed by atoms with E-state index in [1.54, 1.807) is 0 Å². The van der Waals surface area contributed by atoms with E-state index in [2.05, 4.69) is 9.55 Å². The van der Waals surface area contributed by atoms with Crippen molar-refractivity contribution in [1.29, 1.82) is 0 Å². The lowest BCUT2D eigenvalue weighted by atomic mass is 10.0. The molecule has 2 rings (SSSR count). The molecule has 0 fully saturated rings. The first kappa shape index (κ1) is 13.6. The number of hydrogen-bond donors (Lipinski definition) is 0. The summed E-state index contributed by atoms with van der Waals surface area (Å²) in [5.41, 5.74) is 2.06. The van der Waals surface area contributed by atoms with Gasteiger partial charge in [-0.15, -0.1) is 0 Å². The number of nitrogens with zero attached hydrogens (tertiary/aromatic N) is 2. The normalized spacial score (nSPS) is 12.6. The molecule has 0 aliphatic rings. The van der Waals surface area contributed by atoms with Gasteiger partial charge in [0, 0.05) is 13.5 Å². The molecule has 0 saturated heterocycles. The molecule has 4 nitrogen and oxygen atoms in total. The molecule has 1 unspecified atom stereocenters. The fourth-order valence-corrected chi connectivity index (χ4v) is 2.25. The standard InChI is InChI=1S/C15H20N2O2/c1-4-11(15(18)19-5-2)10-14-16-12-8-6-7-9-13(12)17(14)3/h6-9,11H,4-5,10H2,1-3H3. The second-order valence-electron chi connectivity index (χ2n) is 4.64. The summed E-state index contributed by atoms with van der Waals surface area (Å²) in [6.45, 7) is 4.27. The molecule has 19 heavy (non-hydrogen) atoms. The Morgan fingerprint density at radius 1 is 1.37 bits per heavy atom. The fourth-order valence-electron chi connectivity index (χ4n) is 2.25. The van der Waals surface area contributed by atoms with E-state index in [-0.39, 0.29) is 11.9 Å². The predicted molar refractivity (Wildman–Crippen MR) is 74.8 cm³/mol. The minimum Gasteiger partial charge on any atom is -0.466 e. The van der Waals surface area contributed by atoms with Crippen molar-refractivity contribution in [2.75, 3.05) is 6.61 Å². The monoisotopic (exact) mass is 260 g/mol. The molecular weight excluding hydrogens is 240 g/mol. The average Bonchev–Trinajstić information content (AvgIpc) is 2.73. The van der Waals surface area contributed by atoms with Crippen molar-refractivity contribution in [1.82, 2.24) is 9.55 Å². The van der Waals surface area contributed by atoms with Crippen molar-refractivity contribution in [3.63, 3.8) is 0 Å². The van der Waals surface area contributed by atoms with Crippen molar-refractivity contribution >= 4 is 17.0 Å². The van der Waals surface area contributed by atoms with Crippen molar-refractivity contribution in [2.24, 2.45) is 13.0 Å². The van der Waals surface area contributed by atoms with Gasteiger partial charge in [-0.3, -0.25) is 4.79 Å². The highest BCUT2D eigenvalue weighted by Gasteiger charge is 2.21. The van der Waals surface area contributed by atoms with E-state index in [9.17, 15) is 4.79 Å². The van der Waals surface area contributed by atoms with E-state index in [1.165, 1.54) is 0 Å². The summed E-state index contributed by atoms with van der Waals surface area (Å²) in [6, 6.07) is 8.00. The van der Waals surface area contributed by atoms with Gasteiger partial charge < -0.3 is 9.30 Å². The first-order chi connectivity index (χ1) is 9.17. The Labute approximate surface area is 113 Å². The number of imidazole rings is 1. The molecule has 102 valence electrons. The van der Waals surface area contributed by atoms with Gasteiger partial charge in [-0.25, -0.2) is 4.98 Å². The molecule has 1 atom stereocenters. The summed E-state index contributed by atoms with van der Waals surface area (Å²) in [6.07, 6.45) is 1.39. The van der Waals surface area contributed by atoms with E-state index in [1.807, 2.05) is 45.2 Å². The van der Waals surface area contributed by atoms with Gasteiger partial charge in [-0.2, -0.15) is 0 Å². The smallest absolute Gasteiger partial charge is 0.309 e. The number of benzene rings is 1. The van der Waals surface area contributed by atoms with Gasteiger partial charge >= 0.3 is 5.97 Å². The third kappa shape index (κ3) is 2.78. The molecule has 0 aliphatic carbocycles. The first-order valence-corrected chi connectivity index (χ1v) is 6.74. The zero-order valence-corrected chi connectivity index (χ0v) is 11.7. The number of carbonyl (C=O) groups is 1. The summed E-state index contributed by atoms with van der Waals surface area (Å²) < 4.78 is 7.16. The molecule has 0 bridgehead atoms.